The van der Waals surface area contributed by atoms with Crippen LogP contribution >= 0.6 is 11.3 Å². The smallest absolute Gasteiger partial charge is 0.345 e. The van der Waals surface area contributed by atoms with Crippen LogP contribution in [0.15, 0.2) is 28.9 Å². The maximum Gasteiger partial charge on any atom is 0.345 e. The van der Waals surface area contributed by atoms with Crippen LogP contribution in [0.5, 0.6) is 0 Å². The molecule has 0 aliphatic heterocycles. The van der Waals surface area contributed by atoms with E-state index >= 15 is 0 Å². The zero-order chi connectivity index (χ0) is 13.1. The molecule has 0 aliphatic carbocycles. The van der Waals surface area contributed by atoms with Gasteiger partial charge >= 0.3 is 5.97 Å². The Balaban J connectivity index is 2.00. The van der Waals surface area contributed by atoms with Gasteiger partial charge in [-0.1, -0.05) is 0 Å². The van der Waals surface area contributed by atoms with Gasteiger partial charge in [0.2, 0.25) is 0 Å². The first kappa shape index (κ1) is 12.9. The third kappa shape index (κ3) is 2.80. The molecule has 0 spiro atoms. The molecule has 96 valence electrons. The molecule has 2 rings (SSSR count). The molecule has 0 saturated carbocycles. The number of hydrogen-bond donors (Lipinski definition) is 2. The van der Waals surface area contributed by atoms with Gasteiger partial charge in [-0.15, -0.1) is 11.3 Å². The number of aryl methyl sites for hydroxylation is 1. The molecule has 18 heavy (non-hydrogen) atoms. The van der Waals surface area contributed by atoms with Crippen LogP contribution in [-0.2, 0) is 6.54 Å². The van der Waals surface area contributed by atoms with Crippen LogP contribution in [0.3, 0.4) is 0 Å². The average Bonchev–Trinajstić information content (AvgIpc) is 2.95. The van der Waals surface area contributed by atoms with Crippen LogP contribution in [-0.4, -0.2) is 11.1 Å². The molecule has 5 heteroatoms. The number of aromatic carboxylic acids is 1. The van der Waals surface area contributed by atoms with Crippen molar-refractivity contribution in [3.8, 4) is 0 Å². The van der Waals surface area contributed by atoms with Crippen molar-refractivity contribution in [1.82, 2.24) is 5.32 Å². The minimum Gasteiger partial charge on any atom is -0.477 e. The fourth-order valence-electron chi connectivity index (χ4n) is 1.70. The van der Waals surface area contributed by atoms with Crippen LogP contribution in [0.1, 0.15) is 38.8 Å². The topological polar surface area (TPSA) is 62.5 Å². The van der Waals surface area contributed by atoms with Crippen molar-refractivity contribution in [2.45, 2.75) is 26.4 Å². The second kappa shape index (κ2) is 5.37. The highest BCUT2D eigenvalue weighted by atomic mass is 32.1. The molecule has 2 N–H and O–H groups in total. The Bertz CT molecular complexity index is 530. The summed E-state index contributed by atoms with van der Waals surface area (Å²) in [6.07, 6.45) is 1.64. The second-order valence-corrected chi connectivity index (χ2v) is 5.37. The van der Waals surface area contributed by atoms with Crippen molar-refractivity contribution in [3.05, 3.63) is 45.5 Å². The number of carboxylic acids is 1. The van der Waals surface area contributed by atoms with Crippen molar-refractivity contribution < 1.29 is 14.3 Å². The molecule has 2 aromatic heterocycles. The van der Waals surface area contributed by atoms with E-state index in [0.29, 0.717) is 11.4 Å². The minimum absolute atomic E-state index is 0.104. The van der Waals surface area contributed by atoms with Gasteiger partial charge in [-0.05, 0) is 37.6 Å². The summed E-state index contributed by atoms with van der Waals surface area (Å²) in [4.78, 5) is 12.3. The summed E-state index contributed by atoms with van der Waals surface area (Å²) < 4.78 is 5.30. The summed E-state index contributed by atoms with van der Waals surface area (Å²) in [5.41, 5.74) is 1.02. The summed E-state index contributed by atoms with van der Waals surface area (Å²) >= 11 is 1.31. The first-order valence-corrected chi connectivity index (χ1v) is 6.49. The summed E-state index contributed by atoms with van der Waals surface area (Å²) in [5.74, 6) is 0.00905. The number of furan rings is 1. The van der Waals surface area contributed by atoms with Crippen LogP contribution in [0.25, 0.3) is 0 Å². The monoisotopic (exact) mass is 265 g/mol. The van der Waals surface area contributed by atoms with E-state index in [1.165, 1.54) is 11.3 Å². The molecule has 0 saturated heterocycles. The fourth-order valence-corrected chi connectivity index (χ4v) is 2.58. The molecule has 2 heterocycles. The lowest BCUT2D eigenvalue weighted by Gasteiger charge is -2.10. The van der Waals surface area contributed by atoms with E-state index in [9.17, 15) is 4.79 Å². The number of rotatable bonds is 5. The Morgan fingerprint density at radius 1 is 1.61 bits per heavy atom. The van der Waals surface area contributed by atoms with Gasteiger partial charge in [0, 0.05) is 11.4 Å². The van der Waals surface area contributed by atoms with Gasteiger partial charge in [0.25, 0.3) is 0 Å². The standard InChI is InChI=1S/C13H15NO3S/c1-8(11-4-3-5-17-11)14-7-10-6-12(13(15)16)18-9(10)2/h3-6,8,14H,7H2,1-2H3,(H,15,16)/t8-/m0/s1. The molecule has 0 unspecified atom stereocenters. The highest BCUT2D eigenvalue weighted by molar-refractivity contribution is 7.14. The SMILES string of the molecule is Cc1sc(C(=O)O)cc1CN[C@@H](C)c1ccco1. The normalized spacial score (nSPS) is 12.6. The van der Waals surface area contributed by atoms with Gasteiger partial charge in [-0.2, -0.15) is 0 Å². The van der Waals surface area contributed by atoms with E-state index in [1.807, 2.05) is 26.0 Å². The van der Waals surface area contributed by atoms with Gasteiger partial charge in [0.15, 0.2) is 0 Å². The van der Waals surface area contributed by atoms with Gasteiger partial charge in [-0.25, -0.2) is 4.79 Å². The Kier molecular flexibility index (Phi) is 3.84. The van der Waals surface area contributed by atoms with Crippen molar-refractivity contribution in [2.24, 2.45) is 0 Å². The van der Waals surface area contributed by atoms with Crippen molar-refractivity contribution >= 4 is 17.3 Å². The van der Waals surface area contributed by atoms with E-state index in [4.69, 9.17) is 9.52 Å². The summed E-state index contributed by atoms with van der Waals surface area (Å²) in [6, 6.07) is 5.60. The van der Waals surface area contributed by atoms with Gasteiger partial charge in [-0.3, -0.25) is 0 Å². The van der Waals surface area contributed by atoms with E-state index in [0.717, 1.165) is 16.2 Å². The molecule has 0 fully saturated rings. The molecule has 0 aliphatic rings. The predicted octanol–water partition coefficient (Wildman–Crippen LogP) is 3.20. The number of thiophene rings is 1. The first-order chi connectivity index (χ1) is 8.58. The Morgan fingerprint density at radius 3 is 2.94 bits per heavy atom. The molecule has 0 bridgehead atoms. The van der Waals surface area contributed by atoms with E-state index in [-0.39, 0.29) is 6.04 Å². The Hall–Kier alpha value is -1.59. The molecule has 0 amide bonds. The van der Waals surface area contributed by atoms with E-state index in [2.05, 4.69) is 5.32 Å². The largest absolute Gasteiger partial charge is 0.477 e. The molecule has 4 nitrogen and oxygen atoms in total. The van der Waals surface area contributed by atoms with Crippen LogP contribution in [0, 0.1) is 6.92 Å². The van der Waals surface area contributed by atoms with E-state index in [1.54, 1.807) is 12.3 Å². The third-order valence-electron chi connectivity index (χ3n) is 2.80. The number of carboxylic acid groups (broad SMARTS) is 1. The second-order valence-electron chi connectivity index (χ2n) is 4.12. The summed E-state index contributed by atoms with van der Waals surface area (Å²) in [6.45, 7) is 4.59. The van der Waals surface area contributed by atoms with Crippen LogP contribution < -0.4 is 5.32 Å². The molecular weight excluding hydrogens is 250 g/mol. The Labute approximate surface area is 109 Å². The lowest BCUT2D eigenvalue weighted by molar-refractivity contribution is 0.0702. The predicted molar refractivity (Wildman–Crippen MR) is 70.0 cm³/mol. The van der Waals surface area contributed by atoms with Crippen molar-refractivity contribution in [2.75, 3.05) is 0 Å². The summed E-state index contributed by atoms with van der Waals surface area (Å²) in [7, 11) is 0. The minimum atomic E-state index is -0.867. The maximum absolute atomic E-state index is 10.9. The first-order valence-electron chi connectivity index (χ1n) is 5.67. The van der Waals surface area contributed by atoms with E-state index < -0.39 is 5.97 Å². The van der Waals surface area contributed by atoms with Gasteiger partial charge < -0.3 is 14.8 Å². The van der Waals surface area contributed by atoms with Crippen LogP contribution in [0.2, 0.25) is 0 Å². The highest BCUT2D eigenvalue weighted by Gasteiger charge is 2.13. The third-order valence-corrected chi connectivity index (χ3v) is 3.88. The number of nitrogens with one attached hydrogen (secondary N) is 1. The zero-order valence-corrected chi connectivity index (χ0v) is 11.1. The Morgan fingerprint density at radius 2 is 2.39 bits per heavy atom. The van der Waals surface area contributed by atoms with Crippen molar-refractivity contribution in [1.29, 1.82) is 0 Å². The average molecular weight is 265 g/mol. The van der Waals surface area contributed by atoms with Crippen LogP contribution in [0.4, 0.5) is 0 Å². The number of carbonyl (C=O) groups is 1. The highest BCUT2D eigenvalue weighted by Crippen LogP contribution is 2.22. The fraction of sp³-hybridized carbons (Fsp3) is 0.308. The molecule has 2 aromatic rings. The molecular formula is C13H15NO3S. The zero-order valence-electron chi connectivity index (χ0n) is 10.3. The molecule has 0 aromatic carbocycles. The lowest BCUT2D eigenvalue weighted by Crippen LogP contribution is -2.17. The number of hydrogen-bond acceptors (Lipinski definition) is 4. The maximum atomic E-state index is 10.9. The van der Waals surface area contributed by atoms with Gasteiger partial charge in [0.05, 0.1) is 12.3 Å². The lowest BCUT2D eigenvalue weighted by atomic mass is 10.2. The van der Waals surface area contributed by atoms with Crippen molar-refractivity contribution in [3.63, 3.8) is 0 Å². The molecule has 0 radical (unpaired) electrons. The quantitative estimate of drug-likeness (QED) is 0.871. The van der Waals surface area contributed by atoms with Gasteiger partial charge in [0.1, 0.15) is 10.6 Å². The molecule has 1 atom stereocenters. The summed E-state index contributed by atoms with van der Waals surface area (Å²) in [5, 5.41) is 12.2.